The highest BCUT2D eigenvalue weighted by Crippen LogP contribution is 2.18. The van der Waals surface area contributed by atoms with Crippen LogP contribution in [0.5, 0.6) is 0 Å². The first-order chi connectivity index (χ1) is 8.78. The summed E-state index contributed by atoms with van der Waals surface area (Å²) in [7, 11) is 1.58. The lowest BCUT2D eigenvalue weighted by molar-refractivity contribution is 0.156. The van der Waals surface area contributed by atoms with E-state index in [1.54, 1.807) is 25.3 Å². The number of hydrogen-bond acceptors (Lipinski definition) is 6. The quantitative estimate of drug-likeness (QED) is 0.715. The number of ether oxygens (including phenoxy) is 1. The molecule has 0 spiro atoms. The summed E-state index contributed by atoms with van der Waals surface area (Å²) in [6.07, 6.45) is 0. The maximum atomic E-state index is 5.84. The van der Waals surface area contributed by atoms with Crippen LogP contribution in [0.1, 0.15) is 5.76 Å². The molecule has 3 heterocycles. The van der Waals surface area contributed by atoms with Crippen molar-refractivity contribution in [3.05, 3.63) is 29.1 Å². The van der Waals surface area contributed by atoms with Crippen LogP contribution in [0.15, 0.2) is 22.7 Å². The molecule has 18 heavy (non-hydrogen) atoms. The molecule has 0 N–H and O–H groups in total. The van der Waals surface area contributed by atoms with Crippen LogP contribution in [0.4, 0.5) is 0 Å². The first kappa shape index (κ1) is 11.1. The van der Waals surface area contributed by atoms with Crippen molar-refractivity contribution < 1.29 is 9.26 Å². The van der Waals surface area contributed by atoms with Gasteiger partial charge in [-0.2, -0.15) is 9.61 Å². The van der Waals surface area contributed by atoms with Crippen molar-refractivity contribution in [1.82, 2.24) is 25.0 Å². The summed E-state index contributed by atoms with van der Waals surface area (Å²) < 4.78 is 11.6. The van der Waals surface area contributed by atoms with Gasteiger partial charge in [-0.3, -0.25) is 0 Å². The molecule has 8 heteroatoms. The SMILES string of the molecule is COCc1cc(-c2nnc3ccc(Cl)nn23)no1. The number of aromatic nitrogens is 5. The predicted molar refractivity (Wildman–Crippen MR) is 62.0 cm³/mol. The van der Waals surface area contributed by atoms with E-state index < -0.39 is 0 Å². The lowest BCUT2D eigenvalue weighted by Gasteiger charge is -1.94. The van der Waals surface area contributed by atoms with E-state index in [0.717, 1.165) is 0 Å². The Bertz CT molecular complexity index is 692. The first-order valence-electron chi connectivity index (χ1n) is 5.11. The average Bonchev–Trinajstić information content (AvgIpc) is 2.95. The van der Waals surface area contributed by atoms with Gasteiger partial charge < -0.3 is 9.26 Å². The zero-order chi connectivity index (χ0) is 12.5. The molecule has 3 aromatic heterocycles. The maximum absolute atomic E-state index is 5.84. The maximum Gasteiger partial charge on any atom is 0.207 e. The number of hydrogen-bond donors (Lipinski definition) is 0. The Balaban J connectivity index is 2.09. The van der Waals surface area contributed by atoms with Crippen molar-refractivity contribution >= 4 is 17.2 Å². The minimum absolute atomic E-state index is 0.345. The van der Waals surface area contributed by atoms with E-state index in [2.05, 4.69) is 20.5 Å². The van der Waals surface area contributed by atoms with E-state index in [4.69, 9.17) is 20.9 Å². The second-order valence-corrected chi connectivity index (χ2v) is 3.95. The molecule has 3 aromatic rings. The van der Waals surface area contributed by atoms with E-state index >= 15 is 0 Å². The molecule has 0 aliphatic rings. The Morgan fingerprint density at radius 2 is 2.28 bits per heavy atom. The van der Waals surface area contributed by atoms with Gasteiger partial charge in [0.25, 0.3) is 0 Å². The van der Waals surface area contributed by atoms with Gasteiger partial charge in [0.1, 0.15) is 11.8 Å². The third kappa shape index (κ3) is 1.83. The Morgan fingerprint density at radius 3 is 3.11 bits per heavy atom. The van der Waals surface area contributed by atoms with Gasteiger partial charge in [0, 0.05) is 13.2 Å². The highest BCUT2D eigenvalue weighted by molar-refractivity contribution is 6.29. The molecule has 0 bridgehead atoms. The Kier molecular flexibility index (Phi) is 2.69. The standard InChI is InChI=1S/C10H8ClN5O2/c1-17-5-6-4-7(15-18-6)10-13-12-9-3-2-8(11)14-16(9)10/h2-4H,5H2,1H3. The third-order valence-electron chi connectivity index (χ3n) is 2.30. The van der Waals surface area contributed by atoms with E-state index in [1.165, 1.54) is 4.52 Å². The van der Waals surface area contributed by atoms with Gasteiger partial charge in [-0.1, -0.05) is 16.8 Å². The molecule has 92 valence electrons. The minimum atomic E-state index is 0.345. The van der Waals surface area contributed by atoms with E-state index in [1.807, 2.05) is 0 Å². The summed E-state index contributed by atoms with van der Waals surface area (Å²) in [6.45, 7) is 0.345. The van der Waals surface area contributed by atoms with Crippen LogP contribution in [-0.2, 0) is 11.3 Å². The Hall–Kier alpha value is -1.99. The molecule has 0 saturated carbocycles. The van der Waals surface area contributed by atoms with Gasteiger partial charge in [-0.15, -0.1) is 10.2 Å². The number of methoxy groups -OCH3 is 1. The van der Waals surface area contributed by atoms with Crippen molar-refractivity contribution in [2.24, 2.45) is 0 Å². The number of rotatable bonds is 3. The van der Waals surface area contributed by atoms with Gasteiger partial charge in [0.05, 0.1) is 0 Å². The topological polar surface area (TPSA) is 78.3 Å². The van der Waals surface area contributed by atoms with Crippen LogP contribution < -0.4 is 0 Å². The molecule has 0 unspecified atom stereocenters. The first-order valence-corrected chi connectivity index (χ1v) is 5.48. The van der Waals surface area contributed by atoms with Crippen LogP contribution in [0.2, 0.25) is 5.15 Å². The van der Waals surface area contributed by atoms with Crippen LogP contribution in [-0.4, -0.2) is 32.1 Å². The van der Waals surface area contributed by atoms with Crippen molar-refractivity contribution in [2.75, 3.05) is 7.11 Å². The summed E-state index contributed by atoms with van der Waals surface area (Å²) in [5.41, 5.74) is 1.12. The fourth-order valence-corrected chi connectivity index (χ4v) is 1.69. The van der Waals surface area contributed by atoms with E-state index in [9.17, 15) is 0 Å². The summed E-state index contributed by atoms with van der Waals surface area (Å²) in [5.74, 6) is 1.07. The monoisotopic (exact) mass is 265 g/mol. The van der Waals surface area contributed by atoms with Gasteiger partial charge >= 0.3 is 0 Å². The van der Waals surface area contributed by atoms with Gasteiger partial charge in [-0.05, 0) is 12.1 Å². The molecule has 0 fully saturated rings. The molecule has 0 amide bonds. The van der Waals surface area contributed by atoms with Gasteiger partial charge in [-0.25, -0.2) is 0 Å². The highest BCUT2D eigenvalue weighted by atomic mass is 35.5. The van der Waals surface area contributed by atoms with Crippen LogP contribution in [0, 0.1) is 0 Å². The molecular weight excluding hydrogens is 258 g/mol. The predicted octanol–water partition coefficient (Wildman–Crippen LogP) is 1.58. The van der Waals surface area contributed by atoms with Crippen molar-refractivity contribution in [2.45, 2.75) is 6.61 Å². The van der Waals surface area contributed by atoms with Crippen LogP contribution in [0.3, 0.4) is 0 Å². The molecule has 0 radical (unpaired) electrons. The summed E-state index contributed by atoms with van der Waals surface area (Å²) in [6, 6.07) is 5.10. The van der Waals surface area contributed by atoms with Crippen LogP contribution >= 0.6 is 11.6 Å². The summed E-state index contributed by atoms with van der Waals surface area (Å²) in [4.78, 5) is 0. The lowest BCUT2D eigenvalue weighted by Crippen LogP contribution is -1.94. The molecular formula is C10H8ClN5O2. The highest BCUT2D eigenvalue weighted by Gasteiger charge is 2.14. The van der Waals surface area contributed by atoms with Gasteiger partial charge in [0.2, 0.25) is 5.82 Å². The average molecular weight is 266 g/mol. The molecule has 0 aliphatic heterocycles. The summed E-state index contributed by atoms with van der Waals surface area (Å²) in [5, 5.41) is 16.3. The van der Waals surface area contributed by atoms with Gasteiger partial charge in [0.15, 0.2) is 17.1 Å². The molecule has 0 saturated heterocycles. The lowest BCUT2D eigenvalue weighted by atomic mass is 10.3. The minimum Gasteiger partial charge on any atom is -0.377 e. The normalized spacial score (nSPS) is 11.2. The van der Waals surface area contributed by atoms with E-state index in [0.29, 0.717) is 34.7 Å². The Labute approximate surface area is 106 Å². The second-order valence-electron chi connectivity index (χ2n) is 3.56. The van der Waals surface area contributed by atoms with E-state index in [-0.39, 0.29) is 0 Å². The van der Waals surface area contributed by atoms with Crippen molar-refractivity contribution in [3.63, 3.8) is 0 Å². The Morgan fingerprint density at radius 1 is 1.39 bits per heavy atom. The number of nitrogens with zero attached hydrogens (tertiary/aromatic N) is 5. The molecule has 0 aliphatic carbocycles. The third-order valence-corrected chi connectivity index (χ3v) is 2.51. The number of fused-ring (bicyclic) bond motifs is 1. The molecule has 0 atom stereocenters. The smallest absolute Gasteiger partial charge is 0.207 e. The van der Waals surface area contributed by atoms with Crippen LogP contribution in [0.25, 0.3) is 17.2 Å². The largest absolute Gasteiger partial charge is 0.377 e. The molecule has 7 nitrogen and oxygen atoms in total. The zero-order valence-corrected chi connectivity index (χ0v) is 10.1. The molecule has 0 aromatic carbocycles. The fourth-order valence-electron chi connectivity index (χ4n) is 1.55. The zero-order valence-electron chi connectivity index (χ0n) is 9.37. The second kappa shape index (κ2) is 4.35. The number of halogens is 1. The molecule has 3 rings (SSSR count). The van der Waals surface area contributed by atoms with Crippen molar-refractivity contribution in [1.29, 1.82) is 0 Å². The fraction of sp³-hybridized carbons (Fsp3) is 0.200. The summed E-state index contributed by atoms with van der Waals surface area (Å²) >= 11 is 5.84. The van der Waals surface area contributed by atoms with Crippen molar-refractivity contribution in [3.8, 4) is 11.5 Å².